The third kappa shape index (κ3) is 5.59. The van der Waals surface area contributed by atoms with Crippen LogP contribution in [-0.2, 0) is 11.2 Å². The number of nitrogens with zero attached hydrogens (tertiary/aromatic N) is 1. The molecule has 2 aromatic rings. The molecule has 1 heterocycles. The van der Waals surface area contributed by atoms with Gasteiger partial charge in [-0.3, -0.25) is 9.59 Å². The van der Waals surface area contributed by atoms with Crippen LogP contribution in [0.5, 0.6) is 0 Å². The van der Waals surface area contributed by atoms with E-state index in [1.165, 1.54) is 5.56 Å². The number of benzene rings is 2. The molecule has 0 bridgehead atoms. The maximum absolute atomic E-state index is 13.1. The number of nitrogens with one attached hydrogen (secondary N) is 2. The number of nitrogens with two attached hydrogens (primary N) is 1. The number of amides is 2. The van der Waals surface area contributed by atoms with Gasteiger partial charge in [0.25, 0.3) is 5.91 Å². The number of carbonyl (C=O) groups is 2. The largest absolute Gasteiger partial charge is 0.390 e. The number of aliphatic hydroxyl groups is 1. The molecule has 0 aromatic heterocycles. The Morgan fingerprint density at radius 1 is 1.18 bits per heavy atom. The van der Waals surface area contributed by atoms with E-state index >= 15 is 0 Å². The molecule has 2 aliphatic rings. The first-order valence-electron chi connectivity index (χ1n) is 12.4. The normalized spacial score (nSPS) is 18.8. The second-order valence-corrected chi connectivity index (χ2v) is 9.73. The lowest BCUT2D eigenvalue weighted by molar-refractivity contribution is -0.117. The summed E-state index contributed by atoms with van der Waals surface area (Å²) in [5.74, 6) is -0.290. The second-order valence-electron chi connectivity index (χ2n) is 9.73. The summed E-state index contributed by atoms with van der Waals surface area (Å²) >= 11 is 0. The molecule has 5 N–H and O–H groups in total. The summed E-state index contributed by atoms with van der Waals surface area (Å²) in [4.78, 5) is 27.0. The Labute approximate surface area is 201 Å². The summed E-state index contributed by atoms with van der Waals surface area (Å²) in [6.45, 7) is 3.32. The molecule has 7 nitrogen and oxygen atoms in total. The van der Waals surface area contributed by atoms with Crippen molar-refractivity contribution in [1.82, 2.24) is 5.32 Å². The number of rotatable bonds is 10. The number of hydrogen-bond acceptors (Lipinski definition) is 5. The van der Waals surface area contributed by atoms with Gasteiger partial charge in [0.05, 0.1) is 6.10 Å². The van der Waals surface area contributed by atoms with Crippen LogP contribution in [0.15, 0.2) is 48.5 Å². The molecule has 1 aliphatic carbocycles. The summed E-state index contributed by atoms with van der Waals surface area (Å²) in [5, 5.41) is 16.9. The van der Waals surface area contributed by atoms with E-state index in [-0.39, 0.29) is 17.2 Å². The minimum atomic E-state index is -0.875. The molecule has 2 unspecified atom stereocenters. The molecule has 4 rings (SSSR count). The fourth-order valence-corrected chi connectivity index (χ4v) is 5.19. The lowest BCUT2D eigenvalue weighted by atomic mass is 9.62. The molecule has 1 saturated heterocycles. The van der Waals surface area contributed by atoms with Crippen molar-refractivity contribution in [2.24, 2.45) is 11.1 Å². The maximum atomic E-state index is 13.1. The van der Waals surface area contributed by atoms with E-state index in [9.17, 15) is 14.7 Å². The fraction of sp³-hybridized carbons (Fsp3) is 0.481. The van der Waals surface area contributed by atoms with Gasteiger partial charge in [-0.15, -0.1) is 0 Å². The zero-order valence-corrected chi connectivity index (χ0v) is 19.9. The minimum Gasteiger partial charge on any atom is -0.390 e. The van der Waals surface area contributed by atoms with Gasteiger partial charge < -0.3 is 26.4 Å². The highest BCUT2D eigenvalue weighted by molar-refractivity contribution is 6.00. The zero-order chi connectivity index (χ0) is 24.1. The van der Waals surface area contributed by atoms with Crippen molar-refractivity contribution in [3.63, 3.8) is 0 Å². The van der Waals surface area contributed by atoms with E-state index in [1.54, 1.807) is 17.0 Å². The summed E-state index contributed by atoms with van der Waals surface area (Å²) < 4.78 is 0. The highest BCUT2D eigenvalue weighted by Crippen LogP contribution is 2.47. The van der Waals surface area contributed by atoms with Crippen molar-refractivity contribution in [1.29, 1.82) is 0 Å². The topological polar surface area (TPSA) is 108 Å². The Kier molecular flexibility index (Phi) is 7.54. The van der Waals surface area contributed by atoms with Crippen LogP contribution < -0.4 is 21.3 Å². The van der Waals surface area contributed by atoms with Crippen molar-refractivity contribution in [3.05, 3.63) is 59.7 Å². The molecule has 2 amide bonds. The average molecular weight is 465 g/mol. The second kappa shape index (κ2) is 10.6. The summed E-state index contributed by atoms with van der Waals surface area (Å²) in [7, 11) is 0. The van der Waals surface area contributed by atoms with Gasteiger partial charge in [-0.25, -0.2) is 0 Å². The molecule has 7 heteroatoms. The summed E-state index contributed by atoms with van der Waals surface area (Å²) in [6, 6.07) is 15.7. The standard InChI is InChI=1S/C27H36N4O3/c1-2-29-21-14-20(15-22(16-21)31-13-6-10-24(31)33)26(34)30-25(28)23(32)18-27(11-7-12-27)17-19-8-4-3-5-9-19/h3-5,8-9,14-16,23,25,29,32H,2,6-7,10-13,17-18,28H2,1H3,(H,30,34). The maximum Gasteiger partial charge on any atom is 0.252 e. The Morgan fingerprint density at radius 3 is 2.56 bits per heavy atom. The number of carbonyl (C=O) groups excluding carboxylic acids is 2. The Morgan fingerprint density at radius 2 is 1.94 bits per heavy atom. The molecule has 1 aliphatic heterocycles. The number of anilines is 2. The monoisotopic (exact) mass is 464 g/mol. The third-order valence-electron chi connectivity index (χ3n) is 7.14. The molecule has 1 saturated carbocycles. The average Bonchev–Trinajstić information content (AvgIpc) is 3.24. The van der Waals surface area contributed by atoms with Gasteiger partial charge in [-0.1, -0.05) is 36.8 Å². The van der Waals surface area contributed by atoms with Crippen LogP contribution in [0.25, 0.3) is 0 Å². The molecular weight excluding hydrogens is 428 g/mol. The first-order valence-corrected chi connectivity index (χ1v) is 12.4. The Balaban J connectivity index is 1.43. The summed E-state index contributed by atoms with van der Waals surface area (Å²) in [6.07, 6.45) is 4.33. The smallest absolute Gasteiger partial charge is 0.252 e. The third-order valence-corrected chi connectivity index (χ3v) is 7.14. The first-order chi connectivity index (χ1) is 16.4. The van der Waals surface area contributed by atoms with E-state index in [2.05, 4.69) is 22.8 Å². The quantitative estimate of drug-likeness (QED) is 0.403. The molecular formula is C27H36N4O3. The van der Waals surface area contributed by atoms with E-state index < -0.39 is 12.3 Å². The highest BCUT2D eigenvalue weighted by Gasteiger charge is 2.40. The minimum absolute atomic E-state index is 0.0252. The SMILES string of the molecule is CCNc1cc(C(=O)NC(N)C(O)CC2(Cc3ccccc3)CCC2)cc(N2CCCC2=O)c1. The van der Waals surface area contributed by atoms with Gasteiger partial charge in [-0.2, -0.15) is 0 Å². The van der Waals surface area contributed by atoms with Crippen LogP contribution in [0, 0.1) is 5.41 Å². The summed E-state index contributed by atoms with van der Waals surface area (Å²) in [5.41, 5.74) is 9.43. The van der Waals surface area contributed by atoms with Crippen LogP contribution in [0.2, 0.25) is 0 Å². The van der Waals surface area contributed by atoms with Crippen molar-refractivity contribution >= 4 is 23.2 Å². The molecule has 2 atom stereocenters. The van der Waals surface area contributed by atoms with Crippen molar-refractivity contribution < 1.29 is 14.7 Å². The van der Waals surface area contributed by atoms with Crippen molar-refractivity contribution in [2.75, 3.05) is 23.3 Å². The van der Waals surface area contributed by atoms with E-state index in [1.807, 2.05) is 31.2 Å². The van der Waals surface area contributed by atoms with Gasteiger partial charge in [-0.05, 0) is 68.2 Å². The van der Waals surface area contributed by atoms with Crippen molar-refractivity contribution in [2.45, 2.75) is 64.1 Å². The van der Waals surface area contributed by atoms with Crippen LogP contribution in [0.4, 0.5) is 11.4 Å². The Bertz CT molecular complexity index is 1010. The zero-order valence-electron chi connectivity index (χ0n) is 19.9. The molecule has 0 radical (unpaired) electrons. The van der Waals surface area contributed by atoms with Gasteiger partial charge >= 0.3 is 0 Å². The molecule has 182 valence electrons. The lowest BCUT2D eigenvalue weighted by Gasteiger charge is -2.44. The molecule has 34 heavy (non-hydrogen) atoms. The van der Waals surface area contributed by atoms with Crippen molar-refractivity contribution in [3.8, 4) is 0 Å². The van der Waals surface area contributed by atoms with E-state index in [0.29, 0.717) is 37.2 Å². The molecule has 0 spiro atoms. The predicted octanol–water partition coefficient (Wildman–Crippen LogP) is 3.42. The Hall–Kier alpha value is -2.90. The van der Waals surface area contributed by atoms with E-state index in [4.69, 9.17) is 5.73 Å². The van der Waals surface area contributed by atoms with Gasteiger partial charge in [0.2, 0.25) is 5.91 Å². The highest BCUT2D eigenvalue weighted by atomic mass is 16.3. The molecule has 2 aromatic carbocycles. The first kappa shape index (κ1) is 24.2. The van der Waals surface area contributed by atoms with Gasteiger partial charge in [0.15, 0.2) is 0 Å². The lowest BCUT2D eigenvalue weighted by Crippen LogP contribution is -2.52. The van der Waals surface area contributed by atoms with Crippen LogP contribution in [-0.4, -0.2) is 42.3 Å². The van der Waals surface area contributed by atoms with Crippen LogP contribution in [0.1, 0.15) is 61.4 Å². The van der Waals surface area contributed by atoms with Gasteiger partial charge in [0.1, 0.15) is 6.17 Å². The van der Waals surface area contributed by atoms with Crippen LogP contribution >= 0.6 is 0 Å². The van der Waals surface area contributed by atoms with Crippen LogP contribution in [0.3, 0.4) is 0 Å². The predicted molar refractivity (Wildman–Crippen MR) is 135 cm³/mol. The number of aliphatic hydroxyl groups excluding tert-OH is 1. The van der Waals surface area contributed by atoms with Gasteiger partial charge in [0, 0.05) is 36.4 Å². The molecule has 2 fully saturated rings. The van der Waals surface area contributed by atoms with E-state index in [0.717, 1.165) is 37.8 Å². The number of hydrogen-bond donors (Lipinski definition) is 4. The fourth-order valence-electron chi connectivity index (χ4n) is 5.19.